The third-order valence-corrected chi connectivity index (χ3v) is 2.08. The minimum Gasteiger partial charge on any atom is -0.316 e. The van der Waals surface area contributed by atoms with Crippen LogP contribution in [0.1, 0.15) is 18.9 Å². The fourth-order valence-corrected chi connectivity index (χ4v) is 1.34. The van der Waals surface area contributed by atoms with Crippen LogP contribution < -0.4 is 5.32 Å². The van der Waals surface area contributed by atoms with E-state index in [4.69, 9.17) is 0 Å². The van der Waals surface area contributed by atoms with Crippen molar-refractivity contribution in [1.29, 1.82) is 0 Å². The number of likely N-dealkylation sites (N-methyl/N-ethyl adjacent to an activating group) is 1. The summed E-state index contributed by atoms with van der Waals surface area (Å²) in [7, 11) is 1.91. The molecule has 1 N–H and O–H groups in total. The van der Waals surface area contributed by atoms with Crippen molar-refractivity contribution in [2.24, 2.45) is 0 Å². The molecule has 0 spiro atoms. The van der Waals surface area contributed by atoms with E-state index in [1.165, 1.54) is 11.6 Å². The summed E-state index contributed by atoms with van der Waals surface area (Å²) in [5.41, 5.74) is 2.20. The zero-order valence-corrected chi connectivity index (χ0v) is 8.68. The van der Waals surface area contributed by atoms with Crippen molar-refractivity contribution in [2.75, 3.05) is 13.6 Å². The molecule has 0 saturated carbocycles. The highest BCUT2D eigenvalue weighted by Crippen LogP contribution is 2.10. The lowest BCUT2D eigenvalue weighted by Gasteiger charge is -2.03. The Morgan fingerprint density at radius 2 is 2.29 bits per heavy atom. The van der Waals surface area contributed by atoms with Gasteiger partial charge in [0.2, 0.25) is 0 Å². The molecule has 0 aliphatic rings. The molecule has 0 saturated heterocycles. The number of halogens is 1. The van der Waals surface area contributed by atoms with E-state index in [1.54, 1.807) is 12.1 Å². The van der Waals surface area contributed by atoms with E-state index in [2.05, 4.69) is 12.2 Å². The third-order valence-electron chi connectivity index (χ3n) is 2.08. The van der Waals surface area contributed by atoms with Gasteiger partial charge in [-0.15, -0.1) is 0 Å². The summed E-state index contributed by atoms with van der Waals surface area (Å²) < 4.78 is 12.9. The number of nitrogens with one attached hydrogen (secondary N) is 1. The highest BCUT2D eigenvalue weighted by molar-refractivity contribution is 5.53. The van der Waals surface area contributed by atoms with Gasteiger partial charge in [0.15, 0.2) is 0 Å². The van der Waals surface area contributed by atoms with Gasteiger partial charge in [0.25, 0.3) is 0 Å². The van der Waals surface area contributed by atoms with Gasteiger partial charge in [-0.3, -0.25) is 0 Å². The second-order valence-electron chi connectivity index (χ2n) is 3.24. The molecule has 0 unspecified atom stereocenters. The lowest BCUT2D eigenvalue weighted by molar-refractivity contribution is 0.627. The first-order valence-corrected chi connectivity index (χ1v) is 4.86. The van der Waals surface area contributed by atoms with Gasteiger partial charge in [0.05, 0.1) is 0 Å². The Morgan fingerprint density at radius 3 is 2.86 bits per heavy atom. The van der Waals surface area contributed by atoms with Crippen molar-refractivity contribution < 1.29 is 4.39 Å². The van der Waals surface area contributed by atoms with Crippen LogP contribution in [0.2, 0.25) is 0 Å². The second-order valence-corrected chi connectivity index (χ2v) is 3.24. The molecule has 76 valence electrons. The molecule has 1 nitrogen and oxygen atoms in total. The van der Waals surface area contributed by atoms with Crippen LogP contribution in [0.3, 0.4) is 0 Å². The van der Waals surface area contributed by atoms with Gasteiger partial charge in [-0.25, -0.2) is 4.39 Å². The van der Waals surface area contributed by atoms with Gasteiger partial charge in [-0.2, -0.15) is 0 Å². The number of hydrogen-bond donors (Lipinski definition) is 1. The minimum atomic E-state index is -0.182. The molecular weight excluding hydrogens is 177 g/mol. The van der Waals surface area contributed by atoms with Gasteiger partial charge in [0.1, 0.15) is 5.82 Å². The van der Waals surface area contributed by atoms with Crippen molar-refractivity contribution >= 4 is 6.08 Å². The molecule has 1 rings (SSSR count). The maximum Gasteiger partial charge on any atom is 0.123 e. The van der Waals surface area contributed by atoms with Crippen molar-refractivity contribution in [3.63, 3.8) is 0 Å². The summed E-state index contributed by atoms with van der Waals surface area (Å²) in [5.74, 6) is -0.182. The summed E-state index contributed by atoms with van der Waals surface area (Å²) in [6.45, 7) is 2.95. The van der Waals surface area contributed by atoms with Crippen molar-refractivity contribution in [1.82, 2.24) is 5.32 Å². The Labute approximate surface area is 84.6 Å². The molecule has 2 heteroatoms. The standard InChI is InChI=1S/C12H16FN/c1-3-10(9-14-2)7-11-5-4-6-12(13)8-11/h4-8,14H,3,9H2,1-2H3. The van der Waals surface area contributed by atoms with Gasteiger partial charge >= 0.3 is 0 Å². The van der Waals surface area contributed by atoms with E-state index in [9.17, 15) is 4.39 Å². The van der Waals surface area contributed by atoms with Gasteiger partial charge in [0, 0.05) is 6.54 Å². The molecule has 0 aliphatic carbocycles. The fraction of sp³-hybridized carbons (Fsp3) is 0.333. The molecule has 0 bridgehead atoms. The molecule has 0 aliphatic heterocycles. The molecule has 0 heterocycles. The molecule has 0 radical (unpaired) electrons. The zero-order valence-electron chi connectivity index (χ0n) is 8.68. The SMILES string of the molecule is CCC(=Cc1cccc(F)c1)CNC. The molecule has 0 amide bonds. The van der Waals surface area contributed by atoms with E-state index in [1.807, 2.05) is 19.2 Å². The molecule has 0 atom stereocenters. The third kappa shape index (κ3) is 3.30. The first-order valence-electron chi connectivity index (χ1n) is 4.86. The largest absolute Gasteiger partial charge is 0.316 e. The topological polar surface area (TPSA) is 12.0 Å². The predicted octanol–water partition coefficient (Wildman–Crippen LogP) is 2.84. The number of hydrogen-bond acceptors (Lipinski definition) is 1. The summed E-state index contributed by atoms with van der Waals surface area (Å²) in [5, 5.41) is 3.09. The van der Waals surface area contributed by atoms with Crippen LogP contribution in [0.25, 0.3) is 6.08 Å². The molecule has 1 aromatic rings. The van der Waals surface area contributed by atoms with E-state index in [0.29, 0.717) is 0 Å². The van der Waals surface area contributed by atoms with E-state index < -0.39 is 0 Å². The maximum absolute atomic E-state index is 12.9. The summed E-state index contributed by atoms with van der Waals surface area (Å²) >= 11 is 0. The summed E-state index contributed by atoms with van der Waals surface area (Å²) in [6, 6.07) is 6.65. The van der Waals surface area contributed by atoms with Gasteiger partial charge < -0.3 is 5.32 Å². The van der Waals surface area contributed by atoms with Crippen LogP contribution in [0, 0.1) is 5.82 Å². The second kappa shape index (κ2) is 5.55. The van der Waals surface area contributed by atoms with E-state index >= 15 is 0 Å². The Hall–Kier alpha value is -1.15. The Morgan fingerprint density at radius 1 is 1.50 bits per heavy atom. The maximum atomic E-state index is 12.9. The average Bonchev–Trinajstić information content (AvgIpc) is 2.17. The highest BCUT2D eigenvalue weighted by atomic mass is 19.1. The molecule has 0 aromatic heterocycles. The first kappa shape index (κ1) is 10.9. The predicted molar refractivity (Wildman–Crippen MR) is 58.6 cm³/mol. The molecule has 0 fully saturated rings. The first-order chi connectivity index (χ1) is 6.76. The minimum absolute atomic E-state index is 0.182. The van der Waals surface area contributed by atoms with Crippen LogP contribution >= 0.6 is 0 Å². The van der Waals surface area contributed by atoms with Crippen LogP contribution in [-0.4, -0.2) is 13.6 Å². The number of benzene rings is 1. The Bertz CT molecular complexity index is 318. The van der Waals surface area contributed by atoms with Crippen molar-refractivity contribution in [2.45, 2.75) is 13.3 Å². The quantitative estimate of drug-likeness (QED) is 0.775. The molecule has 1 aromatic carbocycles. The Kier molecular flexibility index (Phi) is 4.33. The lowest BCUT2D eigenvalue weighted by atomic mass is 10.1. The van der Waals surface area contributed by atoms with Crippen molar-refractivity contribution in [3.05, 3.63) is 41.2 Å². The molecular formula is C12H16FN. The normalized spacial score (nSPS) is 11.8. The smallest absolute Gasteiger partial charge is 0.123 e. The lowest BCUT2D eigenvalue weighted by Crippen LogP contribution is -2.09. The van der Waals surface area contributed by atoms with Crippen LogP contribution in [-0.2, 0) is 0 Å². The zero-order chi connectivity index (χ0) is 10.4. The monoisotopic (exact) mass is 193 g/mol. The Balaban J connectivity index is 2.83. The van der Waals surface area contributed by atoms with Gasteiger partial charge in [-0.05, 0) is 31.2 Å². The highest BCUT2D eigenvalue weighted by Gasteiger charge is 1.95. The average molecular weight is 193 g/mol. The summed E-state index contributed by atoms with van der Waals surface area (Å²) in [4.78, 5) is 0. The molecule has 14 heavy (non-hydrogen) atoms. The van der Waals surface area contributed by atoms with E-state index in [0.717, 1.165) is 18.5 Å². The van der Waals surface area contributed by atoms with Gasteiger partial charge in [-0.1, -0.05) is 30.7 Å². The van der Waals surface area contributed by atoms with Crippen LogP contribution in [0.4, 0.5) is 4.39 Å². The van der Waals surface area contributed by atoms with Crippen molar-refractivity contribution in [3.8, 4) is 0 Å². The number of rotatable bonds is 4. The summed E-state index contributed by atoms with van der Waals surface area (Å²) in [6.07, 6.45) is 3.01. The fourth-order valence-electron chi connectivity index (χ4n) is 1.34. The van der Waals surface area contributed by atoms with Crippen LogP contribution in [0.5, 0.6) is 0 Å². The van der Waals surface area contributed by atoms with Crippen LogP contribution in [0.15, 0.2) is 29.8 Å². The van der Waals surface area contributed by atoms with E-state index in [-0.39, 0.29) is 5.82 Å².